The average molecular weight is 265 g/mol. The summed E-state index contributed by atoms with van der Waals surface area (Å²) in [6.45, 7) is 7.12. The van der Waals surface area contributed by atoms with Crippen LogP contribution in [0.25, 0.3) is 0 Å². The zero-order valence-electron chi connectivity index (χ0n) is 12.4. The van der Waals surface area contributed by atoms with Crippen LogP contribution in [0.5, 0.6) is 0 Å². The minimum Gasteiger partial charge on any atom is -0.481 e. The van der Waals surface area contributed by atoms with Crippen LogP contribution in [0.1, 0.15) is 59.3 Å². The standard InChI is InChI=1S/C16H27NO2/c1-10-6-12(9-16(2,3)8-10)17-11-4-5-14(17)13(7-11)15(18)19/h10-14H,4-9H2,1-3H3,(H,18,19). The predicted molar refractivity (Wildman–Crippen MR) is 75.0 cm³/mol. The Morgan fingerprint density at radius 3 is 2.47 bits per heavy atom. The SMILES string of the molecule is CC1CC(N2C3CCC2C(C(=O)O)C3)CC(C)(C)C1. The highest BCUT2D eigenvalue weighted by Gasteiger charge is 2.52. The molecule has 19 heavy (non-hydrogen) atoms. The predicted octanol–water partition coefficient (Wildman–Crippen LogP) is 3.14. The highest BCUT2D eigenvalue weighted by molar-refractivity contribution is 5.71. The first-order valence-electron chi connectivity index (χ1n) is 7.87. The smallest absolute Gasteiger partial charge is 0.308 e. The minimum atomic E-state index is -0.569. The number of aliphatic carboxylic acids is 1. The van der Waals surface area contributed by atoms with E-state index in [0.717, 1.165) is 18.8 Å². The highest BCUT2D eigenvalue weighted by atomic mass is 16.4. The molecular formula is C16H27NO2. The Morgan fingerprint density at radius 2 is 1.89 bits per heavy atom. The lowest BCUT2D eigenvalue weighted by molar-refractivity contribution is -0.142. The van der Waals surface area contributed by atoms with Crippen molar-refractivity contribution in [1.29, 1.82) is 0 Å². The van der Waals surface area contributed by atoms with Crippen LogP contribution in [0.3, 0.4) is 0 Å². The van der Waals surface area contributed by atoms with E-state index in [0.29, 0.717) is 23.5 Å². The summed E-state index contributed by atoms with van der Waals surface area (Å²) < 4.78 is 0. The molecule has 0 aromatic rings. The summed E-state index contributed by atoms with van der Waals surface area (Å²) in [6, 6.07) is 1.51. The van der Waals surface area contributed by atoms with Crippen LogP contribution < -0.4 is 0 Å². The molecule has 5 unspecified atom stereocenters. The maximum absolute atomic E-state index is 11.4. The van der Waals surface area contributed by atoms with E-state index in [1.165, 1.54) is 25.7 Å². The molecule has 0 spiro atoms. The number of carbonyl (C=O) groups is 1. The summed E-state index contributed by atoms with van der Waals surface area (Å²) in [7, 11) is 0. The van der Waals surface area contributed by atoms with E-state index in [9.17, 15) is 9.90 Å². The van der Waals surface area contributed by atoms with Crippen LogP contribution in [0, 0.1) is 17.3 Å². The summed E-state index contributed by atoms with van der Waals surface area (Å²) in [4.78, 5) is 14.0. The molecule has 3 heteroatoms. The molecule has 0 amide bonds. The number of carboxylic acid groups (broad SMARTS) is 1. The number of hydrogen-bond donors (Lipinski definition) is 1. The minimum absolute atomic E-state index is 0.0981. The van der Waals surface area contributed by atoms with Crippen LogP contribution in [0.4, 0.5) is 0 Å². The molecule has 1 saturated carbocycles. The Morgan fingerprint density at radius 1 is 1.16 bits per heavy atom. The molecule has 108 valence electrons. The van der Waals surface area contributed by atoms with Crippen LogP contribution >= 0.6 is 0 Å². The van der Waals surface area contributed by atoms with Gasteiger partial charge in [-0.05, 0) is 49.9 Å². The lowest BCUT2D eigenvalue weighted by Crippen LogP contribution is -2.46. The summed E-state index contributed by atoms with van der Waals surface area (Å²) >= 11 is 0. The lowest BCUT2D eigenvalue weighted by Gasteiger charge is -2.44. The van der Waals surface area contributed by atoms with Gasteiger partial charge in [0.05, 0.1) is 5.92 Å². The molecule has 0 aromatic carbocycles. The fourth-order valence-electron chi connectivity index (χ4n) is 5.39. The molecule has 3 aliphatic rings. The molecular weight excluding hydrogens is 238 g/mol. The van der Waals surface area contributed by atoms with Gasteiger partial charge in [0.1, 0.15) is 0 Å². The van der Waals surface area contributed by atoms with Gasteiger partial charge in [0.2, 0.25) is 0 Å². The topological polar surface area (TPSA) is 40.5 Å². The third-order valence-corrected chi connectivity index (χ3v) is 5.69. The number of rotatable bonds is 2. The molecule has 3 nitrogen and oxygen atoms in total. The second-order valence-electron chi connectivity index (χ2n) is 7.99. The molecule has 2 bridgehead atoms. The van der Waals surface area contributed by atoms with Crippen molar-refractivity contribution >= 4 is 5.97 Å². The molecule has 0 aromatic heterocycles. The van der Waals surface area contributed by atoms with Gasteiger partial charge < -0.3 is 5.11 Å². The van der Waals surface area contributed by atoms with Gasteiger partial charge in [-0.1, -0.05) is 20.8 Å². The molecule has 2 heterocycles. The van der Waals surface area contributed by atoms with E-state index in [-0.39, 0.29) is 5.92 Å². The van der Waals surface area contributed by atoms with E-state index in [4.69, 9.17) is 0 Å². The normalized spacial score (nSPS) is 45.5. The third kappa shape index (κ3) is 2.31. The fourth-order valence-corrected chi connectivity index (χ4v) is 5.39. The second kappa shape index (κ2) is 4.47. The molecule has 1 aliphatic carbocycles. The largest absolute Gasteiger partial charge is 0.481 e. The quantitative estimate of drug-likeness (QED) is 0.834. The maximum atomic E-state index is 11.4. The summed E-state index contributed by atoms with van der Waals surface area (Å²) in [5, 5.41) is 9.38. The Balaban J connectivity index is 1.78. The van der Waals surface area contributed by atoms with Gasteiger partial charge >= 0.3 is 5.97 Å². The lowest BCUT2D eigenvalue weighted by atomic mass is 9.70. The summed E-state index contributed by atoms with van der Waals surface area (Å²) in [5.41, 5.74) is 0.420. The molecule has 2 aliphatic heterocycles. The zero-order valence-corrected chi connectivity index (χ0v) is 12.4. The first kappa shape index (κ1) is 13.4. The molecule has 0 radical (unpaired) electrons. The Kier molecular flexibility index (Phi) is 3.16. The first-order chi connectivity index (χ1) is 8.87. The number of fused-ring (bicyclic) bond motifs is 2. The van der Waals surface area contributed by atoms with E-state index in [1.807, 2.05) is 0 Å². The van der Waals surface area contributed by atoms with Gasteiger partial charge in [-0.25, -0.2) is 0 Å². The van der Waals surface area contributed by atoms with Crippen molar-refractivity contribution < 1.29 is 9.90 Å². The van der Waals surface area contributed by atoms with Crippen molar-refractivity contribution in [2.45, 2.75) is 77.4 Å². The second-order valence-corrected chi connectivity index (χ2v) is 7.99. The van der Waals surface area contributed by atoms with E-state index in [1.54, 1.807) is 0 Å². The van der Waals surface area contributed by atoms with Crippen molar-refractivity contribution in [2.24, 2.45) is 17.3 Å². The van der Waals surface area contributed by atoms with Crippen molar-refractivity contribution in [3.8, 4) is 0 Å². The monoisotopic (exact) mass is 265 g/mol. The maximum Gasteiger partial charge on any atom is 0.308 e. The van der Waals surface area contributed by atoms with Gasteiger partial charge in [0.15, 0.2) is 0 Å². The molecule has 3 rings (SSSR count). The molecule has 5 atom stereocenters. The van der Waals surface area contributed by atoms with E-state index >= 15 is 0 Å². The van der Waals surface area contributed by atoms with Crippen LogP contribution in [0.2, 0.25) is 0 Å². The number of carboxylic acids is 1. The number of nitrogens with zero attached hydrogens (tertiary/aromatic N) is 1. The Hall–Kier alpha value is -0.570. The zero-order chi connectivity index (χ0) is 13.8. The van der Waals surface area contributed by atoms with Crippen LogP contribution in [0.15, 0.2) is 0 Å². The Bertz CT molecular complexity index is 379. The average Bonchev–Trinajstić information content (AvgIpc) is 2.82. The van der Waals surface area contributed by atoms with Gasteiger partial charge in [-0.2, -0.15) is 0 Å². The van der Waals surface area contributed by atoms with Crippen LogP contribution in [-0.4, -0.2) is 34.1 Å². The summed E-state index contributed by atoms with van der Waals surface area (Å²) in [5.74, 6) is 0.108. The van der Waals surface area contributed by atoms with Crippen LogP contribution in [-0.2, 0) is 4.79 Å². The van der Waals surface area contributed by atoms with E-state index in [2.05, 4.69) is 25.7 Å². The van der Waals surface area contributed by atoms with E-state index < -0.39 is 5.97 Å². The highest BCUT2D eigenvalue weighted by Crippen LogP contribution is 2.49. The van der Waals surface area contributed by atoms with Gasteiger partial charge in [0.25, 0.3) is 0 Å². The van der Waals surface area contributed by atoms with Crippen molar-refractivity contribution in [3.63, 3.8) is 0 Å². The van der Waals surface area contributed by atoms with Gasteiger partial charge in [-0.3, -0.25) is 9.69 Å². The first-order valence-corrected chi connectivity index (χ1v) is 7.87. The van der Waals surface area contributed by atoms with Gasteiger partial charge in [-0.15, -0.1) is 0 Å². The van der Waals surface area contributed by atoms with Gasteiger partial charge in [0, 0.05) is 18.1 Å². The fraction of sp³-hybridized carbons (Fsp3) is 0.938. The van der Waals surface area contributed by atoms with Crippen molar-refractivity contribution in [3.05, 3.63) is 0 Å². The molecule has 1 N–H and O–H groups in total. The number of hydrogen-bond acceptors (Lipinski definition) is 2. The third-order valence-electron chi connectivity index (χ3n) is 5.69. The Labute approximate surface area is 116 Å². The van der Waals surface area contributed by atoms with Crippen molar-refractivity contribution in [2.75, 3.05) is 0 Å². The summed E-state index contributed by atoms with van der Waals surface area (Å²) in [6.07, 6.45) is 7.05. The van der Waals surface area contributed by atoms with Crippen molar-refractivity contribution in [1.82, 2.24) is 4.90 Å². The molecule has 3 fully saturated rings. The molecule has 2 saturated heterocycles.